The van der Waals surface area contributed by atoms with Gasteiger partial charge in [-0.2, -0.15) is 0 Å². The number of hydrogen-bond donors (Lipinski definition) is 0. The van der Waals surface area contributed by atoms with Gasteiger partial charge in [0.1, 0.15) is 0 Å². The maximum Gasteiger partial charge on any atom is 0.0491 e. The molecule has 0 unspecified atom stereocenters. The topological polar surface area (TPSA) is 4.93 Å². The third-order valence-electron chi connectivity index (χ3n) is 4.87. The molecule has 0 N–H and O–H groups in total. The molecule has 2 aromatic carbocycles. The molecule has 110 valence electrons. The normalized spacial score (nSPS) is 12.3. The molecule has 2 heteroatoms. The predicted molar refractivity (Wildman–Crippen MR) is 96.8 cm³/mol. The quantitative estimate of drug-likeness (QED) is 0.515. The summed E-state index contributed by atoms with van der Waals surface area (Å²) in [5.41, 5.74) is 2.77. The molecule has 1 heterocycles. The lowest BCUT2D eigenvalue weighted by molar-refractivity contribution is 0.715. The molecular formula is C19H25NSi. The number of aryl methyl sites for hydroxylation is 1. The SMILES string of the molecule is CC[Si](C)(C)CCCn1c2ccccc2c2ccccc21. The molecule has 3 rings (SSSR count). The number of fused-ring (bicyclic) bond motifs is 3. The molecule has 0 aliphatic rings. The lowest BCUT2D eigenvalue weighted by Crippen LogP contribution is -2.23. The fourth-order valence-electron chi connectivity index (χ4n) is 3.14. The minimum absolute atomic E-state index is 0.959. The smallest absolute Gasteiger partial charge is 0.0491 e. The third-order valence-corrected chi connectivity index (χ3v) is 8.49. The van der Waals surface area contributed by atoms with Crippen LogP contribution in [0.15, 0.2) is 48.5 Å². The average Bonchev–Trinajstić information content (AvgIpc) is 2.82. The number of nitrogens with zero attached hydrogens (tertiary/aromatic N) is 1. The first-order valence-corrected chi connectivity index (χ1v) is 11.5. The van der Waals surface area contributed by atoms with Gasteiger partial charge in [0.25, 0.3) is 0 Å². The summed E-state index contributed by atoms with van der Waals surface area (Å²) in [7, 11) is -0.959. The van der Waals surface area contributed by atoms with Crippen LogP contribution in [0.4, 0.5) is 0 Å². The van der Waals surface area contributed by atoms with Crippen LogP contribution in [0.5, 0.6) is 0 Å². The van der Waals surface area contributed by atoms with Crippen molar-refractivity contribution < 1.29 is 0 Å². The Morgan fingerprint density at radius 3 is 1.90 bits per heavy atom. The molecule has 1 aromatic heterocycles. The molecule has 0 saturated carbocycles. The Balaban J connectivity index is 1.96. The molecule has 0 saturated heterocycles. The van der Waals surface area contributed by atoms with Crippen LogP contribution in [0.1, 0.15) is 13.3 Å². The summed E-state index contributed by atoms with van der Waals surface area (Å²) < 4.78 is 2.52. The summed E-state index contributed by atoms with van der Waals surface area (Å²) in [5.74, 6) is 0. The lowest BCUT2D eigenvalue weighted by atomic mass is 10.2. The van der Waals surface area contributed by atoms with Gasteiger partial charge in [0.05, 0.1) is 0 Å². The third kappa shape index (κ3) is 2.77. The Hall–Kier alpha value is -1.54. The number of hydrogen-bond acceptors (Lipinski definition) is 0. The highest BCUT2D eigenvalue weighted by Gasteiger charge is 2.17. The van der Waals surface area contributed by atoms with Crippen molar-refractivity contribution in [2.75, 3.05) is 0 Å². The van der Waals surface area contributed by atoms with E-state index in [-0.39, 0.29) is 0 Å². The summed E-state index contributed by atoms with van der Waals surface area (Å²) in [4.78, 5) is 0. The van der Waals surface area contributed by atoms with E-state index in [0.29, 0.717) is 0 Å². The van der Waals surface area contributed by atoms with Gasteiger partial charge in [-0.15, -0.1) is 0 Å². The summed E-state index contributed by atoms with van der Waals surface area (Å²) in [6.07, 6.45) is 1.30. The van der Waals surface area contributed by atoms with E-state index in [2.05, 4.69) is 73.1 Å². The summed E-state index contributed by atoms with van der Waals surface area (Å²) in [6, 6.07) is 20.4. The molecule has 0 bridgehead atoms. The van der Waals surface area contributed by atoms with Gasteiger partial charge in [-0.3, -0.25) is 0 Å². The van der Waals surface area contributed by atoms with E-state index < -0.39 is 8.07 Å². The molecule has 0 radical (unpaired) electrons. The van der Waals surface area contributed by atoms with Gasteiger partial charge in [0, 0.05) is 36.4 Å². The van der Waals surface area contributed by atoms with Crippen LogP contribution in [0, 0.1) is 0 Å². The van der Waals surface area contributed by atoms with Crippen molar-refractivity contribution in [1.29, 1.82) is 0 Å². The van der Waals surface area contributed by atoms with Crippen molar-refractivity contribution in [3.05, 3.63) is 48.5 Å². The fourth-order valence-corrected chi connectivity index (χ4v) is 4.61. The van der Waals surface area contributed by atoms with Crippen molar-refractivity contribution in [2.24, 2.45) is 0 Å². The molecule has 1 nitrogen and oxygen atoms in total. The minimum atomic E-state index is -0.959. The van der Waals surface area contributed by atoms with Crippen LogP contribution >= 0.6 is 0 Å². The van der Waals surface area contributed by atoms with E-state index in [0.717, 1.165) is 6.54 Å². The molecule has 0 aliphatic carbocycles. The van der Waals surface area contributed by atoms with Crippen molar-refractivity contribution in [3.8, 4) is 0 Å². The van der Waals surface area contributed by atoms with Gasteiger partial charge in [-0.05, 0) is 18.6 Å². The lowest BCUT2D eigenvalue weighted by Gasteiger charge is -2.20. The maximum absolute atomic E-state index is 2.52. The highest BCUT2D eigenvalue weighted by atomic mass is 28.3. The molecule has 0 atom stereocenters. The molecule has 0 aliphatic heterocycles. The van der Waals surface area contributed by atoms with Gasteiger partial charge in [-0.25, -0.2) is 0 Å². The standard InChI is InChI=1S/C19H25NSi/c1-4-21(2,3)15-9-14-20-18-12-7-5-10-16(18)17-11-6-8-13-19(17)20/h5-8,10-13H,4,9,14-15H2,1-3H3. The molecule has 21 heavy (non-hydrogen) atoms. The Bertz CT molecular complexity index is 701. The second-order valence-electron chi connectivity index (χ2n) is 6.81. The highest BCUT2D eigenvalue weighted by Crippen LogP contribution is 2.29. The minimum Gasteiger partial charge on any atom is -0.340 e. The molecule has 0 spiro atoms. The van der Waals surface area contributed by atoms with Gasteiger partial charge in [0.15, 0.2) is 0 Å². The Kier molecular flexibility index (Phi) is 3.90. The first-order chi connectivity index (χ1) is 10.1. The summed E-state index contributed by atoms with van der Waals surface area (Å²) in [5, 5.41) is 2.78. The number of para-hydroxylation sites is 2. The van der Waals surface area contributed by atoms with E-state index in [9.17, 15) is 0 Å². The van der Waals surface area contributed by atoms with E-state index in [4.69, 9.17) is 0 Å². The van der Waals surface area contributed by atoms with Gasteiger partial charge in [-0.1, -0.05) is 68.5 Å². The molecule has 0 fully saturated rings. The van der Waals surface area contributed by atoms with Crippen molar-refractivity contribution in [2.45, 2.75) is 45.1 Å². The second kappa shape index (κ2) is 5.68. The van der Waals surface area contributed by atoms with Gasteiger partial charge < -0.3 is 4.57 Å². The number of rotatable bonds is 5. The van der Waals surface area contributed by atoms with Crippen molar-refractivity contribution in [3.63, 3.8) is 0 Å². The van der Waals surface area contributed by atoms with Crippen LogP contribution in [0.25, 0.3) is 21.8 Å². The Morgan fingerprint density at radius 2 is 1.38 bits per heavy atom. The number of benzene rings is 2. The van der Waals surface area contributed by atoms with Crippen LogP contribution in [0.2, 0.25) is 25.2 Å². The first kappa shape index (κ1) is 14.4. The van der Waals surface area contributed by atoms with Crippen molar-refractivity contribution in [1.82, 2.24) is 4.57 Å². The predicted octanol–water partition coefficient (Wildman–Crippen LogP) is 5.91. The average molecular weight is 296 g/mol. The second-order valence-corrected chi connectivity index (χ2v) is 12.3. The van der Waals surface area contributed by atoms with E-state index >= 15 is 0 Å². The maximum atomic E-state index is 2.52. The summed E-state index contributed by atoms with van der Waals surface area (Å²) >= 11 is 0. The number of aromatic nitrogens is 1. The molecular weight excluding hydrogens is 270 g/mol. The monoisotopic (exact) mass is 295 g/mol. The zero-order chi connectivity index (χ0) is 14.9. The first-order valence-electron chi connectivity index (χ1n) is 8.08. The molecule has 0 amide bonds. The van der Waals surface area contributed by atoms with E-state index in [1.165, 1.54) is 40.3 Å². The Labute approximate surface area is 128 Å². The zero-order valence-electron chi connectivity index (χ0n) is 13.4. The van der Waals surface area contributed by atoms with Crippen LogP contribution in [0.3, 0.4) is 0 Å². The van der Waals surface area contributed by atoms with E-state index in [1.54, 1.807) is 0 Å². The van der Waals surface area contributed by atoms with Crippen LogP contribution in [-0.2, 0) is 6.54 Å². The van der Waals surface area contributed by atoms with Gasteiger partial charge in [0.2, 0.25) is 0 Å². The zero-order valence-corrected chi connectivity index (χ0v) is 14.4. The largest absolute Gasteiger partial charge is 0.340 e. The summed E-state index contributed by atoms with van der Waals surface area (Å²) in [6.45, 7) is 8.52. The van der Waals surface area contributed by atoms with Crippen LogP contribution in [-0.4, -0.2) is 12.6 Å². The highest BCUT2D eigenvalue weighted by molar-refractivity contribution is 6.77. The fraction of sp³-hybridized carbons (Fsp3) is 0.368. The molecule has 3 aromatic rings. The van der Waals surface area contributed by atoms with Gasteiger partial charge >= 0.3 is 0 Å². The van der Waals surface area contributed by atoms with Crippen molar-refractivity contribution >= 4 is 29.9 Å². The van der Waals surface area contributed by atoms with E-state index in [1.807, 2.05) is 0 Å². The Morgan fingerprint density at radius 1 is 0.857 bits per heavy atom. The van der Waals surface area contributed by atoms with Crippen LogP contribution < -0.4 is 0 Å².